The number of anilines is 2. The average Bonchev–Trinajstić information content (AvgIpc) is 3.33. The van der Waals surface area contributed by atoms with Crippen molar-refractivity contribution in [2.24, 2.45) is 5.92 Å². The summed E-state index contributed by atoms with van der Waals surface area (Å²) in [6.45, 7) is 2.20. The molecule has 1 saturated carbocycles. The maximum absolute atomic E-state index is 11.7. The van der Waals surface area contributed by atoms with E-state index >= 15 is 0 Å². The van der Waals surface area contributed by atoms with Gasteiger partial charge in [0.2, 0.25) is 5.91 Å². The Morgan fingerprint density at radius 2 is 1.67 bits per heavy atom. The monoisotopic (exact) mass is 287 g/mol. The summed E-state index contributed by atoms with van der Waals surface area (Å²) in [6.07, 6.45) is 5.58. The highest BCUT2D eigenvalue weighted by Crippen LogP contribution is 2.28. The lowest BCUT2D eigenvalue weighted by Crippen LogP contribution is -2.35. The first-order valence-corrected chi connectivity index (χ1v) is 7.69. The predicted molar refractivity (Wildman–Crippen MR) is 82.4 cm³/mol. The lowest BCUT2D eigenvalue weighted by Gasteiger charge is -2.28. The Morgan fingerprint density at radius 3 is 2.29 bits per heavy atom. The van der Waals surface area contributed by atoms with Gasteiger partial charge in [0.05, 0.1) is 0 Å². The van der Waals surface area contributed by atoms with Crippen molar-refractivity contribution in [3.63, 3.8) is 0 Å². The van der Waals surface area contributed by atoms with E-state index in [9.17, 15) is 9.59 Å². The molecule has 0 aromatic heterocycles. The molecule has 5 nitrogen and oxygen atoms in total. The van der Waals surface area contributed by atoms with E-state index in [1.807, 2.05) is 24.3 Å². The van der Waals surface area contributed by atoms with E-state index in [4.69, 9.17) is 0 Å². The summed E-state index contributed by atoms with van der Waals surface area (Å²) in [7, 11) is 0. The Kier molecular flexibility index (Phi) is 4.08. The second-order valence-corrected chi connectivity index (χ2v) is 5.81. The van der Waals surface area contributed by atoms with Crippen LogP contribution in [0.5, 0.6) is 0 Å². The van der Waals surface area contributed by atoms with Gasteiger partial charge in [-0.3, -0.25) is 10.1 Å². The summed E-state index contributed by atoms with van der Waals surface area (Å²) in [5.41, 5.74) is 1.89. The van der Waals surface area contributed by atoms with Crippen LogP contribution in [-0.4, -0.2) is 25.0 Å². The van der Waals surface area contributed by atoms with E-state index in [-0.39, 0.29) is 11.8 Å². The molecule has 2 fully saturated rings. The molecular formula is C16H21N3O2. The van der Waals surface area contributed by atoms with Crippen molar-refractivity contribution in [2.75, 3.05) is 23.3 Å². The molecule has 3 rings (SSSR count). The number of carbonyl (C=O) groups excluding carboxylic acids is 2. The van der Waals surface area contributed by atoms with Crippen molar-refractivity contribution in [2.45, 2.75) is 32.1 Å². The Labute approximate surface area is 124 Å². The van der Waals surface area contributed by atoms with Crippen LogP contribution in [0.2, 0.25) is 0 Å². The summed E-state index contributed by atoms with van der Waals surface area (Å²) >= 11 is 0. The van der Waals surface area contributed by atoms with Gasteiger partial charge in [-0.1, -0.05) is 0 Å². The molecule has 0 bridgehead atoms. The van der Waals surface area contributed by atoms with Gasteiger partial charge in [-0.25, -0.2) is 4.79 Å². The largest absolute Gasteiger partial charge is 0.372 e. The van der Waals surface area contributed by atoms with Crippen molar-refractivity contribution in [1.82, 2.24) is 5.32 Å². The topological polar surface area (TPSA) is 61.4 Å². The van der Waals surface area contributed by atoms with Gasteiger partial charge in [-0.05, 0) is 56.4 Å². The Hall–Kier alpha value is -2.04. The van der Waals surface area contributed by atoms with Crippen LogP contribution >= 0.6 is 0 Å². The molecule has 21 heavy (non-hydrogen) atoms. The summed E-state index contributed by atoms with van der Waals surface area (Å²) in [6, 6.07) is 7.35. The number of imide groups is 1. The third kappa shape index (κ3) is 3.74. The van der Waals surface area contributed by atoms with Crippen LogP contribution in [0, 0.1) is 5.92 Å². The van der Waals surface area contributed by atoms with Gasteiger partial charge in [0.25, 0.3) is 0 Å². The number of rotatable bonds is 3. The van der Waals surface area contributed by atoms with E-state index in [2.05, 4.69) is 15.5 Å². The molecule has 1 aliphatic heterocycles. The molecule has 1 saturated heterocycles. The number of hydrogen-bond acceptors (Lipinski definition) is 3. The maximum Gasteiger partial charge on any atom is 0.325 e. The first-order chi connectivity index (χ1) is 10.2. The SMILES string of the molecule is O=C(NC(=O)C1CC1)Nc1ccc(N2CCCCC2)cc1. The molecule has 1 heterocycles. The van der Waals surface area contributed by atoms with Crippen LogP contribution in [0.1, 0.15) is 32.1 Å². The van der Waals surface area contributed by atoms with E-state index in [1.165, 1.54) is 24.9 Å². The summed E-state index contributed by atoms with van der Waals surface area (Å²) in [5.74, 6) is -0.130. The summed E-state index contributed by atoms with van der Waals surface area (Å²) in [4.78, 5) is 25.5. The minimum absolute atomic E-state index is 0.0391. The summed E-state index contributed by atoms with van der Waals surface area (Å²) < 4.78 is 0. The molecule has 2 N–H and O–H groups in total. The van der Waals surface area contributed by atoms with Crippen molar-refractivity contribution >= 4 is 23.3 Å². The number of benzene rings is 1. The molecule has 1 aromatic carbocycles. The Morgan fingerprint density at radius 1 is 1.00 bits per heavy atom. The second-order valence-electron chi connectivity index (χ2n) is 5.81. The van der Waals surface area contributed by atoms with Gasteiger partial charge < -0.3 is 10.2 Å². The molecule has 0 atom stereocenters. The van der Waals surface area contributed by atoms with Crippen LogP contribution in [-0.2, 0) is 4.79 Å². The fraction of sp³-hybridized carbons (Fsp3) is 0.500. The molecule has 0 spiro atoms. The van der Waals surface area contributed by atoms with E-state index in [0.717, 1.165) is 25.9 Å². The number of nitrogens with zero attached hydrogens (tertiary/aromatic N) is 1. The van der Waals surface area contributed by atoms with E-state index in [0.29, 0.717) is 5.69 Å². The fourth-order valence-electron chi connectivity index (χ4n) is 2.63. The Balaban J connectivity index is 1.53. The minimum atomic E-state index is -0.447. The highest BCUT2D eigenvalue weighted by atomic mass is 16.2. The number of hydrogen-bond donors (Lipinski definition) is 2. The third-order valence-electron chi connectivity index (χ3n) is 4.03. The van der Waals surface area contributed by atoms with Crippen LogP contribution in [0.15, 0.2) is 24.3 Å². The molecule has 0 unspecified atom stereocenters. The zero-order valence-electron chi connectivity index (χ0n) is 12.1. The van der Waals surface area contributed by atoms with Gasteiger partial charge in [0.1, 0.15) is 0 Å². The normalized spacial score (nSPS) is 18.2. The third-order valence-corrected chi connectivity index (χ3v) is 4.03. The van der Waals surface area contributed by atoms with Gasteiger partial charge in [0.15, 0.2) is 0 Å². The van der Waals surface area contributed by atoms with Crippen molar-refractivity contribution in [3.8, 4) is 0 Å². The number of amides is 3. The zero-order valence-corrected chi connectivity index (χ0v) is 12.1. The first-order valence-electron chi connectivity index (χ1n) is 7.69. The quantitative estimate of drug-likeness (QED) is 0.898. The standard InChI is InChI=1S/C16H21N3O2/c20-15(12-4-5-12)18-16(21)17-13-6-8-14(9-7-13)19-10-2-1-3-11-19/h6-9,12H,1-5,10-11H2,(H2,17,18,20,21). The van der Waals surface area contributed by atoms with E-state index in [1.54, 1.807) is 0 Å². The van der Waals surface area contributed by atoms with Gasteiger partial charge >= 0.3 is 6.03 Å². The van der Waals surface area contributed by atoms with Crippen LogP contribution in [0.4, 0.5) is 16.2 Å². The van der Waals surface area contributed by atoms with Gasteiger partial charge in [-0.15, -0.1) is 0 Å². The lowest BCUT2D eigenvalue weighted by molar-refractivity contribution is -0.121. The van der Waals surface area contributed by atoms with Crippen LogP contribution in [0.25, 0.3) is 0 Å². The van der Waals surface area contributed by atoms with Gasteiger partial charge in [0, 0.05) is 30.4 Å². The molecule has 0 radical (unpaired) electrons. The predicted octanol–water partition coefficient (Wildman–Crippen LogP) is 2.74. The first kappa shape index (κ1) is 13.9. The molecule has 2 aliphatic rings. The zero-order chi connectivity index (χ0) is 14.7. The van der Waals surface area contributed by atoms with Crippen LogP contribution < -0.4 is 15.5 Å². The van der Waals surface area contributed by atoms with Gasteiger partial charge in [-0.2, -0.15) is 0 Å². The maximum atomic E-state index is 11.7. The number of urea groups is 1. The summed E-state index contributed by atoms with van der Waals surface area (Å²) in [5, 5.41) is 5.07. The second kappa shape index (κ2) is 6.16. The molecule has 3 amide bonds. The number of piperidine rings is 1. The van der Waals surface area contributed by atoms with Crippen molar-refractivity contribution in [1.29, 1.82) is 0 Å². The highest BCUT2D eigenvalue weighted by molar-refractivity contribution is 6.02. The Bertz CT molecular complexity index is 517. The minimum Gasteiger partial charge on any atom is -0.372 e. The molecule has 1 aliphatic carbocycles. The molecule has 112 valence electrons. The van der Waals surface area contributed by atoms with Crippen molar-refractivity contribution in [3.05, 3.63) is 24.3 Å². The van der Waals surface area contributed by atoms with E-state index < -0.39 is 6.03 Å². The highest BCUT2D eigenvalue weighted by Gasteiger charge is 2.30. The van der Waals surface area contributed by atoms with Crippen LogP contribution in [0.3, 0.4) is 0 Å². The van der Waals surface area contributed by atoms with Crippen molar-refractivity contribution < 1.29 is 9.59 Å². The molecular weight excluding hydrogens is 266 g/mol. The average molecular weight is 287 g/mol. The molecule has 5 heteroatoms. The lowest BCUT2D eigenvalue weighted by atomic mass is 10.1. The smallest absolute Gasteiger partial charge is 0.325 e. The molecule has 1 aromatic rings. The fourth-order valence-corrected chi connectivity index (χ4v) is 2.63. The number of carbonyl (C=O) groups is 2. The number of nitrogens with one attached hydrogen (secondary N) is 2.